The molecule has 4 nitrogen and oxygen atoms in total. The lowest BCUT2D eigenvalue weighted by molar-refractivity contribution is -0.114. The summed E-state index contributed by atoms with van der Waals surface area (Å²) in [7, 11) is 0. The van der Waals surface area contributed by atoms with Crippen molar-refractivity contribution < 1.29 is 27.8 Å². The van der Waals surface area contributed by atoms with E-state index < -0.39 is 12.9 Å². The molecule has 1 N–H and O–H groups in total. The number of rotatable bonds is 2. The van der Waals surface area contributed by atoms with Gasteiger partial charge in [0.2, 0.25) is 12.8 Å². The summed E-state index contributed by atoms with van der Waals surface area (Å²) in [6.07, 6.45) is 0. The second kappa shape index (κ2) is 7.69. The Labute approximate surface area is 92.9 Å². The molecule has 0 spiro atoms. The number of amides is 1. The van der Waals surface area contributed by atoms with E-state index in [1.54, 1.807) is 5.38 Å². The highest BCUT2D eigenvalue weighted by Gasteiger charge is 2.15. The molecule has 1 rings (SSSR count). The number of hydrogen-bond donors (Lipinski definition) is 1. The van der Waals surface area contributed by atoms with Gasteiger partial charge in [-0.25, -0.2) is 18.5 Å². The summed E-state index contributed by atoms with van der Waals surface area (Å²) in [4.78, 5) is 24.4. The molecule has 0 radical (unpaired) electrons. The molecule has 0 aromatic carbocycles. The topological polar surface area (TPSA) is 55.4 Å². The zero-order chi connectivity index (χ0) is 12.6. The molecule has 1 aromatic heterocycles. The van der Waals surface area contributed by atoms with Gasteiger partial charge < -0.3 is 5.32 Å². The van der Waals surface area contributed by atoms with Crippen molar-refractivity contribution in [2.45, 2.75) is 6.92 Å². The van der Waals surface area contributed by atoms with Crippen LogP contribution in [0.25, 0.3) is 0 Å². The molecule has 90 valence electrons. The molecule has 0 atom stereocenters. The summed E-state index contributed by atoms with van der Waals surface area (Å²) in [5.74, 6) is -1.43. The van der Waals surface area contributed by atoms with Gasteiger partial charge in [0.15, 0.2) is 0 Å². The van der Waals surface area contributed by atoms with Crippen LogP contribution in [0.1, 0.15) is 16.6 Å². The molecule has 0 saturated heterocycles. The first kappa shape index (κ1) is 14.4. The molecule has 0 unspecified atom stereocenters. The normalized spacial score (nSPS) is 8.75. The van der Waals surface area contributed by atoms with Crippen molar-refractivity contribution in [1.29, 1.82) is 0 Å². The van der Waals surface area contributed by atoms with Crippen LogP contribution in [0.3, 0.4) is 0 Å². The summed E-state index contributed by atoms with van der Waals surface area (Å²) in [5, 5.41) is 3.93. The van der Waals surface area contributed by atoms with Crippen LogP contribution in [0.2, 0.25) is 0 Å². The molecule has 0 bridgehead atoms. The predicted octanol–water partition coefficient (Wildman–Crippen LogP) is 2.63. The fraction of sp³-hybridized carbons (Fsp3) is 0.250. The number of alkyl halides is 2. The molecule has 0 fully saturated rings. The number of carbonyl (C=O) groups excluding carboxylic acids is 2. The van der Waals surface area contributed by atoms with Gasteiger partial charge in [0.25, 0.3) is 0 Å². The van der Waals surface area contributed by atoms with E-state index in [0.29, 0.717) is 0 Å². The Balaban J connectivity index is 0.000000673. The minimum Gasteiger partial charge on any atom is -0.325 e. The van der Waals surface area contributed by atoms with Crippen molar-refractivity contribution in [3.05, 3.63) is 16.3 Å². The predicted molar refractivity (Wildman–Crippen MR) is 52.2 cm³/mol. The molecule has 0 aliphatic rings. The van der Waals surface area contributed by atoms with Gasteiger partial charge in [-0.1, -0.05) is 0 Å². The molecule has 1 aromatic rings. The number of halogens is 3. The van der Waals surface area contributed by atoms with Crippen LogP contribution < -0.4 is 5.32 Å². The maximum Gasteiger partial charge on any atom is 0.391 e. The summed E-state index contributed by atoms with van der Waals surface area (Å²) in [6.45, 7) is -0.456. The van der Waals surface area contributed by atoms with Gasteiger partial charge in [0, 0.05) is 11.4 Å². The molecular weight excluding hydrogens is 247 g/mol. The van der Waals surface area contributed by atoms with Gasteiger partial charge in [-0.05, 0) is 11.4 Å². The van der Waals surface area contributed by atoms with Gasteiger partial charge in [0.1, 0.15) is 4.88 Å². The van der Waals surface area contributed by atoms with Crippen molar-refractivity contribution in [1.82, 2.24) is 0 Å². The minimum absolute atomic E-state index is 0.0395. The molecule has 1 amide bonds. The largest absolute Gasteiger partial charge is 0.391 e. The van der Waals surface area contributed by atoms with E-state index >= 15 is 0 Å². The Hall–Kier alpha value is -1.57. The fourth-order valence-electron chi connectivity index (χ4n) is 0.790. The fourth-order valence-corrected chi connectivity index (χ4v) is 1.50. The SMILES string of the molecule is CC(=O)Nc1ccsc1C(=O)OF.FCF. The molecule has 8 heteroatoms. The Bertz CT molecular complexity index is 356. The maximum absolute atomic E-state index is 11.5. The lowest BCUT2D eigenvalue weighted by atomic mass is 10.4. The van der Waals surface area contributed by atoms with Crippen LogP contribution in [0.15, 0.2) is 11.4 Å². The second-order valence-corrected chi connectivity index (χ2v) is 3.23. The summed E-state index contributed by atoms with van der Waals surface area (Å²) >= 11 is 0.995. The average molecular weight is 255 g/mol. The van der Waals surface area contributed by atoms with Crippen molar-refractivity contribution >= 4 is 28.9 Å². The highest BCUT2D eigenvalue weighted by atomic mass is 32.1. The van der Waals surface area contributed by atoms with Crippen LogP contribution in [-0.4, -0.2) is 18.8 Å². The van der Waals surface area contributed by atoms with Crippen molar-refractivity contribution in [3.8, 4) is 0 Å². The zero-order valence-corrected chi connectivity index (χ0v) is 8.95. The number of anilines is 1. The zero-order valence-electron chi connectivity index (χ0n) is 8.13. The Morgan fingerprint density at radius 1 is 1.50 bits per heavy atom. The van der Waals surface area contributed by atoms with E-state index in [4.69, 9.17) is 0 Å². The van der Waals surface area contributed by atoms with Gasteiger partial charge in [0.05, 0.1) is 5.69 Å². The number of nitrogens with one attached hydrogen (secondary N) is 1. The molecule has 1 heterocycles. The molecule has 0 aliphatic carbocycles. The van der Waals surface area contributed by atoms with E-state index in [0.717, 1.165) is 11.3 Å². The highest BCUT2D eigenvalue weighted by molar-refractivity contribution is 7.12. The lowest BCUT2D eigenvalue weighted by Gasteiger charge is -1.99. The van der Waals surface area contributed by atoms with Crippen LogP contribution in [0.4, 0.5) is 19.0 Å². The first-order chi connectivity index (χ1) is 7.56. The summed E-state index contributed by atoms with van der Waals surface area (Å²) in [5.41, 5.74) is 0.264. The van der Waals surface area contributed by atoms with E-state index in [-0.39, 0.29) is 16.5 Å². The number of hydrogen-bond acceptors (Lipinski definition) is 4. The Morgan fingerprint density at radius 3 is 2.50 bits per heavy atom. The lowest BCUT2D eigenvalue weighted by Crippen LogP contribution is -2.08. The third kappa shape index (κ3) is 4.78. The third-order valence-electron chi connectivity index (χ3n) is 1.23. The summed E-state index contributed by atoms with van der Waals surface area (Å²) in [6, 6.07) is 1.50. The molecule has 16 heavy (non-hydrogen) atoms. The minimum atomic E-state index is -1.75. The average Bonchev–Trinajstić information content (AvgIpc) is 2.65. The van der Waals surface area contributed by atoms with E-state index in [1.165, 1.54) is 13.0 Å². The van der Waals surface area contributed by atoms with Crippen LogP contribution in [0, 0.1) is 0 Å². The van der Waals surface area contributed by atoms with Crippen molar-refractivity contribution in [2.24, 2.45) is 0 Å². The van der Waals surface area contributed by atoms with Crippen LogP contribution >= 0.6 is 11.3 Å². The molecule has 0 aliphatic heterocycles. The summed E-state index contributed by atoms with van der Waals surface area (Å²) < 4.78 is 30.8. The van der Waals surface area contributed by atoms with Crippen LogP contribution in [0.5, 0.6) is 0 Å². The van der Waals surface area contributed by atoms with Gasteiger partial charge in [-0.2, -0.15) is 0 Å². The third-order valence-corrected chi connectivity index (χ3v) is 2.13. The van der Waals surface area contributed by atoms with Gasteiger partial charge >= 0.3 is 5.97 Å². The van der Waals surface area contributed by atoms with Gasteiger partial charge in [-0.3, -0.25) is 4.79 Å². The van der Waals surface area contributed by atoms with E-state index in [9.17, 15) is 22.9 Å². The van der Waals surface area contributed by atoms with Crippen LogP contribution in [-0.2, 0) is 9.74 Å². The highest BCUT2D eigenvalue weighted by Crippen LogP contribution is 2.23. The monoisotopic (exact) mass is 255 g/mol. The number of carbonyl (C=O) groups is 2. The van der Waals surface area contributed by atoms with E-state index in [1.807, 2.05) is 0 Å². The van der Waals surface area contributed by atoms with E-state index in [2.05, 4.69) is 10.3 Å². The second-order valence-electron chi connectivity index (χ2n) is 2.31. The maximum atomic E-state index is 11.5. The van der Waals surface area contributed by atoms with Crippen molar-refractivity contribution in [3.63, 3.8) is 0 Å². The first-order valence-electron chi connectivity index (χ1n) is 3.86. The number of thiophene rings is 1. The first-order valence-corrected chi connectivity index (χ1v) is 4.74. The molecular formula is C8H8F3NO3S. The standard InChI is InChI=1S/C7H6FNO3S.CH2F2/c1-4(10)9-5-2-3-13-6(5)7(11)12-8;2-1-3/h2-3H,1H3,(H,9,10);1H2. The molecule has 0 saturated carbocycles. The quantitative estimate of drug-likeness (QED) is 0.883. The smallest absolute Gasteiger partial charge is 0.325 e. The van der Waals surface area contributed by atoms with Gasteiger partial charge in [-0.15, -0.1) is 11.3 Å². The Morgan fingerprint density at radius 2 is 2.06 bits per heavy atom. The Kier molecular flexibility index (Phi) is 6.93. The van der Waals surface area contributed by atoms with Crippen molar-refractivity contribution in [2.75, 3.05) is 12.2 Å².